The van der Waals surface area contributed by atoms with E-state index < -0.39 is 0 Å². The van der Waals surface area contributed by atoms with Crippen molar-refractivity contribution in [1.29, 1.82) is 0 Å². The number of benzene rings is 1. The lowest BCUT2D eigenvalue weighted by atomic mass is 9.99. The normalized spacial score (nSPS) is 15.1. The van der Waals surface area contributed by atoms with E-state index in [4.69, 9.17) is 9.26 Å². The van der Waals surface area contributed by atoms with Crippen LogP contribution in [-0.2, 0) is 6.54 Å². The molecule has 128 valence electrons. The first-order valence-corrected chi connectivity index (χ1v) is 8.50. The van der Waals surface area contributed by atoms with Crippen molar-refractivity contribution < 1.29 is 9.26 Å². The number of hydrogen-bond donors (Lipinski definition) is 0. The largest absolute Gasteiger partial charge is 0.494 e. The van der Waals surface area contributed by atoms with Crippen LogP contribution in [0, 0.1) is 0 Å². The van der Waals surface area contributed by atoms with Crippen molar-refractivity contribution in [2.24, 2.45) is 0 Å². The molecule has 2 aromatic heterocycles. The van der Waals surface area contributed by atoms with Crippen LogP contribution in [0.2, 0.25) is 0 Å². The minimum absolute atomic E-state index is 0.306. The van der Waals surface area contributed by atoms with Crippen LogP contribution in [0.4, 0.5) is 0 Å². The highest BCUT2D eigenvalue weighted by atomic mass is 16.5. The number of ether oxygens (including phenoxy) is 1. The van der Waals surface area contributed by atoms with E-state index in [0.29, 0.717) is 24.2 Å². The smallest absolute Gasteiger partial charge is 0.232 e. The van der Waals surface area contributed by atoms with Crippen molar-refractivity contribution in [3.63, 3.8) is 0 Å². The Hall–Kier alpha value is -2.73. The molecule has 6 nitrogen and oxygen atoms in total. The zero-order valence-electron chi connectivity index (χ0n) is 14.1. The fourth-order valence-corrected chi connectivity index (χ4v) is 2.98. The fraction of sp³-hybridized carbons (Fsp3) is 0.316. The third-order valence-electron chi connectivity index (χ3n) is 4.31. The Morgan fingerprint density at radius 2 is 2.04 bits per heavy atom. The van der Waals surface area contributed by atoms with E-state index >= 15 is 0 Å². The van der Waals surface area contributed by atoms with Crippen molar-refractivity contribution in [3.8, 4) is 17.1 Å². The molecule has 1 saturated heterocycles. The molecule has 1 aliphatic heterocycles. The van der Waals surface area contributed by atoms with Gasteiger partial charge < -0.3 is 9.26 Å². The maximum atomic E-state index is 5.47. The first-order chi connectivity index (χ1) is 12.3. The van der Waals surface area contributed by atoms with Crippen LogP contribution >= 0.6 is 0 Å². The van der Waals surface area contributed by atoms with Gasteiger partial charge in [-0.05, 0) is 36.8 Å². The Morgan fingerprint density at radius 1 is 1.20 bits per heavy atom. The highest BCUT2D eigenvalue weighted by Gasteiger charge is 2.32. The zero-order chi connectivity index (χ0) is 17.1. The molecule has 0 atom stereocenters. The number of rotatable bonds is 6. The molecule has 25 heavy (non-hydrogen) atoms. The van der Waals surface area contributed by atoms with Gasteiger partial charge in [0, 0.05) is 37.6 Å². The highest BCUT2D eigenvalue weighted by molar-refractivity contribution is 5.51. The maximum absolute atomic E-state index is 5.47. The number of hydrogen-bond acceptors (Lipinski definition) is 6. The summed E-state index contributed by atoms with van der Waals surface area (Å²) < 4.78 is 10.9. The molecule has 3 aromatic rings. The maximum Gasteiger partial charge on any atom is 0.232 e. The Kier molecular flexibility index (Phi) is 4.43. The second-order valence-corrected chi connectivity index (χ2v) is 6.17. The average molecular weight is 336 g/mol. The van der Waals surface area contributed by atoms with Crippen molar-refractivity contribution in [2.75, 3.05) is 19.7 Å². The molecule has 0 unspecified atom stereocenters. The van der Waals surface area contributed by atoms with E-state index in [0.717, 1.165) is 30.9 Å². The van der Waals surface area contributed by atoms with E-state index in [-0.39, 0.29) is 0 Å². The number of nitrogens with zero attached hydrogens (tertiary/aromatic N) is 4. The van der Waals surface area contributed by atoms with E-state index in [1.165, 1.54) is 5.56 Å². The van der Waals surface area contributed by atoms with Crippen molar-refractivity contribution >= 4 is 0 Å². The number of pyridine rings is 1. The lowest BCUT2D eigenvalue weighted by Gasteiger charge is -2.37. The summed E-state index contributed by atoms with van der Waals surface area (Å²) in [5.74, 6) is 2.54. The predicted molar refractivity (Wildman–Crippen MR) is 93.2 cm³/mol. The third kappa shape index (κ3) is 3.53. The summed E-state index contributed by atoms with van der Waals surface area (Å²) in [6, 6.07) is 12.1. The summed E-state index contributed by atoms with van der Waals surface area (Å²) in [4.78, 5) is 11.0. The summed E-state index contributed by atoms with van der Waals surface area (Å²) in [5.41, 5.74) is 2.16. The van der Waals surface area contributed by atoms with Gasteiger partial charge in [-0.15, -0.1) is 0 Å². The van der Waals surface area contributed by atoms with Crippen LogP contribution in [0.1, 0.15) is 24.3 Å². The molecule has 0 saturated carbocycles. The fourth-order valence-electron chi connectivity index (χ4n) is 2.98. The standard InChI is InChI=1S/C19H20N4O2/c1-2-24-17-7-5-14(6-8-17)11-23-12-16(13-23)19-21-18(22-25-19)15-4-3-9-20-10-15/h3-10,16H,2,11-13H2,1H3. The first-order valence-electron chi connectivity index (χ1n) is 8.50. The van der Waals surface area contributed by atoms with Crippen LogP contribution < -0.4 is 4.74 Å². The average Bonchev–Trinajstić information content (AvgIpc) is 3.10. The van der Waals surface area contributed by atoms with Gasteiger partial charge in [-0.25, -0.2) is 0 Å². The number of likely N-dealkylation sites (tertiary alicyclic amines) is 1. The first kappa shape index (κ1) is 15.8. The van der Waals surface area contributed by atoms with Gasteiger partial charge in [0.05, 0.1) is 12.5 Å². The summed E-state index contributed by atoms with van der Waals surface area (Å²) in [6.07, 6.45) is 3.48. The van der Waals surface area contributed by atoms with E-state index in [1.54, 1.807) is 12.4 Å². The van der Waals surface area contributed by atoms with Gasteiger partial charge in [-0.1, -0.05) is 17.3 Å². The molecule has 0 N–H and O–H groups in total. The molecule has 6 heteroatoms. The van der Waals surface area contributed by atoms with Gasteiger partial charge >= 0.3 is 0 Å². The molecule has 0 aliphatic carbocycles. The van der Waals surface area contributed by atoms with Crippen molar-refractivity contribution in [3.05, 3.63) is 60.2 Å². The van der Waals surface area contributed by atoms with Gasteiger partial charge in [0.1, 0.15) is 5.75 Å². The predicted octanol–water partition coefficient (Wildman–Crippen LogP) is 3.13. The van der Waals surface area contributed by atoms with Gasteiger partial charge in [-0.2, -0.15) is 4.98 Å². The van der Waals surface area contributed by atoms with Crippen LogP contribution in [0.5, 0.6) is 5.75 Å². The lowest BCUT2D eigenvalue weighted by Crippen LogP contribution is -2.44. The van der Waals surface area contributed by atoms with Gasteiger partial charge in [0.15, 0.2) is 0 Å². The molecular weight excluding hydrogens is 316 g/mol. The molecule has 0 bridgehead atoms. The molecule has 0 amide bonds. The molecule has 0 spiro atoms. The second-order valence-electron chi connectivity index (χ2n) is 6.17. The highest BCUT2D eigenvalue weighted by Crippen LogP contribution is 2.28. The topological polar surface area (TPSA) is 64.3 Å². The number of aromatic nitrogens is 3. The minimum Gasteiger partial charge on any atom is -0.494 e. The SMILES string of the molecule is CCOc1ccc(CN2CC(c3nc(-c4cccnc4)no3)C2)cc1. The molecule has 1 aromatic carbocycles. The molecule has 1 fully saturated rings. The quantitative estimate of drug-likeness (QED) is 0.689. The second kappa shape index (κ2) is 7.03. The van der Waals surface area contributed by atoms with Crippen LogP contribution in [0.3, 0.4) is 0 Å². The van der Waals surface area contributed by atoms with Crippen LogP contribution in [0.15, 0.2) is 53.3 Å². The van der Waals surface area contributed by atoms with Gasteiger partial charge in [0.2, 0.25) is 11.7 Å². The zero-order valence-corrected chi connectivity index (χ0v) is 14.1. The monoisotopic (exact) mass is 336 g/mol. The van der Waals surface area contributed by atoms with E-state index in [1.807, 2.05) is 31.2 Å². The summed E-state index contributed by atoms with van der Waals surface area (Å²) in [5, 5.41) is 4.07. The lowest BCUT2D eigenvalue weighted by molar-refractivity contribution is 0.117. The summed E-state index contributed by atoms with van der Waals surface area (Å²) in [7, 11) is 0. The van der Waals surface area contributed by atoms with Crippen LogP contribution in [-0.4, -0.2) is 39.7 Å². The third-order valence-corrected chi connectivity index (χ3v) is 4.31. The summed E-state index contributed by atoms with van der Waals surface area (Å²) in [6.45, 7) is 5.47. The molecule has 1 aliphatic rings. The Labute approximate surface area is 146 Å². The summed E-state index contributed by atoms with van der Waals surface area (Å²) >= 11 is 0. The minimum atomic E-state index is 0.306. The van der Waals surface area contributed by atoms with Crippen molar-refractivity contribution in [2.45, 2.75) is 19.4 Å². The molecule has 3 heterocycles. The molecule has 0 radical (unpaired) electrons. The van der Waals surface area contributed by atoms with Gasteiger partial charge in [0.25, 0.3) is 0 Å². The molecule has 4 rings (SSSR count). The van der Waals surface area contributed by atoms with Crippen LogP contribution in [0.25, 0.3) is 11.4 Å². The Bertz CT molecular complexity index is 811. The van der Waals surface area contributed by atoms with E-state index in [2.05, 4.69) is 32.2 Å². The van der Waals surface area contributed by atoms with Gasteiger partial charge in [-0.3, -0.25) is 9.88 Å². The Balaban J connectivity index is 1.32. The van der Waals surface area contributed by atoms with E-state index in [9.17, 15) is 0 Å². The Morgan fingerprint density at radius 3 is 2.76 bits per heavy atom. The molecular formula is C19H20N4O2. The van der Waals surface area contributed by atoms with Crippen molar-refractivity contribution in [1.82, 2.24) is 20.0 Å².